The first-order valence-electron chi connectivity index (χ1n) is 11.4. The first-order valence-corrected chi connectivity index (χ1v) is 13.9. The van der Waals surface area contributed by atoms with Crippen LogP contribution in [0.1, 0.15) is 24.0 Å². The molecule has 0 saturated carbocycles. The summed E-state index contributed by atoms with van der Waals surface area (Å²) in [5.74, 6) is -2.53. The summed E-state index contributed by atoms with van der Waals surface area (Å²) in [6.07, 6.45) is 5.55. The van der Waals surface area contributed by atoms with E-state index in [1.165, 1.54) is 68.4 Å². The lowest BCUT2D eigenvalue weighted by molar-refractivity contribution is 0.00818. The molecular weight excluding hydrogens is 544 g/mol. The molecule has 2 N–H and O–H groups in total. The molecule has 0 aliphatic carbocycles. The molecule has 0 saturated heterocycles. The Kier molecular flexibility index (Phi) is 9.07. The van der Waals surface area contributed by atoms with Crippen LogP contribution in [-0.4, -0.2) is 51.2 Å². The van der Waals surface area contributed by atoms with Crippen molar-refractivity contribution in [1.82, 2.24) is 29.5 Å². The van der Waals surface area contributed by atoms with Crippen LogP contribution in [0.25, 0.3) is 0 Å². The van der Waals surface area contributed by atoms with Crippen molar-refractivity contribution in [2.45, 2.75) is 37.1 Å². The van der Waals surface area contributed by atoms with Crippen molar-refractivity contribution in [2.75, 3.05) is 11.5 Å². The number of nitrogens with zero attached hydrogens (tertiary/aromatic N) is 6. The number of aliphatic hydroxyl groups is 2. The standard InChI is InChI=1S/C24H24F4N6O2S2/c25-17-1-3-19(21(27)9-17)23(35,11-33-15-29-13-31-33)5-7-37-38-8-6-24(36,12-34-16-30-14-32-34)20-4-2-18(26)10-22(20)28/h1-4,9-10,13-16,35-36H,5-8,11-12H2/t23-,24-/m0/s1. The quantitative estimate of drug-likeness (QED) is 0.142. The number of rotatable bonds is 13. The van der Waals surface area contributed by atoms with Crippen LogP contribution < -0.4 is 0 Å². The van der Waals surface area contributed by atoms with Crippen molar-refractivity contribution in [2.24, 2.45) is 0 Å². The highest BCUT2D eigenvalue weighted by molar-refractivity contribution is 8.76. The normalized spacial score (nSPS) is 14.8. The highest BCUT2D eigenvalue weighted by atomic mass is 33.1. The van der Waals surface area contributed by atoms with Gasteiger partial charge in [-0.3, -0.25) is 0 Å². The fraction of sp³-hybridized carbons (Fsp3) is 0.333. The van der Waals surface area contributed by atoms with Gasteiger partial charge in [-0.15, -0.1) is 0 Å². The van der Waals surface area contributed by atoms with Crippen LogP contribution in [0.15, 0.2) is 61.7 Å². The summed E-state index contributed by atoms with van der Waals surface area (Å²) in [4.78, 5) is 7.68. The Balaban J connectivity index is 1.39. The van der Waals surface area contributed by atoms with E-state index in [0.29, 0.717) is 23.6 Å². The number of hydrogen-bond acceptors (Lipinski definition) is 8. The Labute approximate surface area is 223 Å². The van der Waals surface area contributed by atoms with Gasteiger partial charge < -0.3 is 10.2 Å². The van der Waals surface area contributed by atoms with Gasteiger partial charge in [0.1, 0.15) is 59.8 Å². The summed E-state index contributed by atoms with van der Waals surface area (Å²) in [6.45, 7) is -0.190. The SMILES string of the molecule is O[C@@](CCSSCC[C@](O)(Cn1cncn1)c1ccc(F)cc1F)(Cn1cncn1)c1ccc(F)cc1F. The van der Waals surface area contributed by atoms with Crippen molar-refractivity contribution in [3.8, 4) is 0 Å². The average molecular weight is 569 g/mol. The van der Waals surface area contributed by atoms with Gasteiger partial charge in [-0.05, 0) is 25.0 Å². The van der Waals surface area contributed by atoms with E-state index in [1.54, 1.807) is 0 Å². The maximum absolute atomic E-state index is 14.6. The Morgan fingerprint density at radius 3 is 1.45 bits per heavy atom. The summed E-state index contributed by atoms with van der Waals surface area (Å²) in [5, 5.41) is 30.7. The molecular formula is C24H24F4N6O2S2. The molecule has 0 fully saturated rings. The molecule has 0 unspecified atom stereocenters. The van der Waals surface area contributed by atoms with Crippen LogP contribution in [-0.2, 0) is 24.3 Å². The third-order valence-corrected chi connectivity index (χ3v) is 8.33. The molecule has 2 aromatic heterocycles. The zero-order valence-corrected chi connectivity index (χ0v) is 21.6. The molecule has 0 aliphatic rings. The topological polar surface area (TPSA) is 102 Å². The van der Waals surface area contributed by atoms with Gasteiger partial charge in [-0.2, -0.15) is 10.2 Å². The Morgan fingerprint density at radius 2 is 1.11 bits per heavy atom. The highest BCUT2D eigenvalue weighted by Gasteiger charge is 2.35. The molecule has 2 aromatic carbocycles. The Bertz CT molecular complexity index is 1230. The van der Waals surface area contributed by atoms with E-state index >= 15 is 0 Å². The Hall–Kier alpha value is -2.94. The van der Waals surface area contributed by atoms with E-state index in [1.807, 2.05) is 0 Å². The fourth-order valence-electron chi connectivity index (χ4n) is 4.04. The molecule has 0 radical (unpaired) electrons. The van der Waals surface area contributed by atoms with Crippen molar-refractivity contribution in [3.63, 3.8) is 0 Å². The third kappa shape index (κ3) is 6.92. The van der Waals surface area contributed by atoms with Crippen molar-refractivity contribution in [1.29, 1.82) is 0 Å². The molecule has 0 bridgehead atoms. The zero-order chi connectivity index (χ0) is 27.2. The van der Waals surface area contributed by atoms with E-state index in [0.717, 1.165) is 12.1 Å². The molecule has 0 amide bonds. The minimum Gasteiger partial charge on any atom is -0.383 e. The monoisotopic (exact) mass is 568 g/mol. The number of hydrogen-bond donors (Lipinski definition) is 2. The fourth-order valence-corrected chi connectivity index (χ4v) is 6.32. The van der Waals surface area contributed by atoms with Gasteiger partial charge in [-0.25, -0.2) is 36.9 Å². The summed E-state index contributed by atoms with van der Waals surface area (Å²) in [6, 6.07) is 6.01. The number of aromatic nitrogens is 6. The van der Waals surface area contributed by atoms with Crippen LogP contribution >= 0.6 is 21.6 Å². The van der Waals surface area contributed by atoms with Gasteiger partial charge >= 0.3 is 0 Å². The minimum atomic E-state index is -1.69. The molecule has 8 nitrogen and oxygen atoms in total. The maximum Gasteiger partial charge on any atom is 0.137 e. The molecule has 14 heteroatoms. The molecule has 0 aliphatic heterocycles. The van der Waals surface area contributed by atoms with Gasteiger partial charge in [0.2, 0.25) is 0 Å². The van der Waals surface area contributed by atoms with Gasteiger partial charge in [-0.1, -0.05) is 33.7 Å². The lowest BCUT2D eigenvalue weighted by atomic mass is 9.90. The molecule has 2 atom stereocenters. The number of halogens is 4. The summed E-state index contributed by atoms with van der Waals surface area (Å²) in [5.41, 5.74) is -3.50. The zero-order valence-electron chi connectivity index (χ0n) is 19.9. The van der Waals surface area contributed by atoms with Gasteiger partial charge in [0.05, 0.1) is 13.1 Å². The van der Waals surface area contributed by atoms with E-state index < -0.39 is 34.5 Å². The lowest BCUT2D eigenvalue weighted by Gasteiger charge is -2.29. The molecule has 0 spiro atoms. The second kappa shape index (κ2) is 12.3. The van der Waals surface area contributed by atoms with E-state index in [4.69, 9.17) is 0 Å². The van der Waals surface area contributed by atoms with E-state index in [2.05, 4.69) is 20.2 Å². The smallest absolute Gasteiger partial charge is 0.137 e. The van der Waals surface area contributed by atoms with Gasteiger partial charge in [0, 0.05) is 34.8 Å². The van der Waals surface area contributed by atoms with E-state index in [-0.39, 0.29) is 37.1 Å². The highest BCUT2D eigenvalue weighted by Crippen LogP contribution is 2.36. The molecule has 4 aromatic rings. The molecule has 38 heavy (non-hydrogen) atoms. The first-order chi connectivity index (χ1) is 18.2. The predicted octanol–water partition coefficient (Wildman–Crippen LogP) is 4.06. The van der Waals surface area contributed by atoms with Crippen LogP contribution in [0.4, 0.5) is 17.6 Å². The van der Waals surface area contributed by atoms with Crippen LogP contribution in [0.2, 0.25) is 0 Å². The molecule has 202 valence electrons. The average Bonchev–Trinajstić information content (AvgIpc) is 3.55. The van der Waals surface area contributed by atoms with Crippen LogP contribution in [0, 0.1) is 23.3 Å². The van der Waals surface area contributed by atoms with Crippen molar-refractivity contribution < 1.29 is 27.8 Å². The summed E-state index contributed by atoms with van der Waals surface area (Å²) < 4.78 is 58.8. The van der Waals surface area contributed by atoms with Crippen LogP contribution in [0.5, 0.6) is 0 Å². The molecule has 2 heterocycles. The Morgan fingerprint density at radius 1 is 0.684 bits per heavy atom. The minimum absolute atomic E-state index is 0.0611. The van der Waals surface area contributed by atoms with Gasteiger partial charge in [0.15, 0.2) is 0 Å². The second-order valence-corrected chi connectivity index (χ2v) is 11.3. The predicted molar refractivity (Wildman–Crippen MR) is 135 cm³/mol. The summed E-state index contributed by atoms with van der Waals surface area (Å²) >= 11 is 0. The van der Waals surface area contributed by atoms with E-state index in [9.17, 15) is 27.8 Å². The lowest BCUT2D eigenvalue weighted by Crippen LogP contribution is -2.34. The van der Waals surface area contributed by atoms with Crippen molar-refractivity contribution >= 4 is 21.6 Å². The first kappa shape index (κ1) is 28.1. The van der Waals surface area contributed by atoms with Gasteiger partial charge in [0.25, 0.3) is 0 Å². The van der Waals surface area contributed by atoms with Crippen molar-refractivity contribution in [3.05, 3.63) is 96.1 Å². The largest absolute Gasteiger partial charge is 0.383 e. The summed E-state index contributed by atoms with van der Waals surface area (Å²) in [7, 11) is 2.72. The number of benzene rings is 2. The van der Waals surface area contributed by atoms with Crippen LogP contribution in [0.3, 0.4) is 0 Å². The second-order valence-electron chi connectivity index (χ2n) is 8.64. The maximum atomic E-state index is 14.6. The third-order valence-electron chi connectivity index (χ3n) is 5.93. The molecule has 4 rings (SSSR count).